The van der Waals surface area contributed by atoms with E-state index >= 15 is 0 Å². The van der Waals surface area contributed by atoms with Crippen molar-refractivity contribution in [3.05, 3.63) is 82.9 Å². The van der Waals surface area contributed by atoms with E-state index in [2.05, 4.69) is 0 Å². The molecular formula is C24H24F2N2O3S. The summed E-state index contributed by atoms with van der Waals surface area (Å²) < 4.78 is 41.0. The van der Waals surface area contributed by atoms with Crippen LogP contribution in [0.25, 0.3) is 0 Å². The van der Waals surface area contributed by atoms with Gasteiger partial charge in [-0.15, -0.1) is 0 Å². The number of nitrogens with zero attached hydrogens (tertiary/aromatic N) is 1. The van der Waals surface area contributed by atoms with Crippen LogP contribution in [0.3, 0.4) is 0 Å². The van der Waals surface area contributed by atoms with E-state index in [0.29, 0.717) is 22.7 Å². The van der Waals surface area contributed by atoms with E-state index < -0.39 is 17.5 Å². The average Bonchev–Trinajstić information content (AvgIpc) is 2.75. The Balaban J connectivity index is 2.02. The number of primary amides is 1. The van der Waals surface area contributed by atoms with Gasteiger partial charge in [0.2, 0.25) is 5.91 Å². The molecule has 0 spiro atoms. The zero-order valence-corrected chi connectivity index (χ0v) is 18.8. The van der Waals surface area contributed by atoms with Gasteiger partial charge in [0.1, 0.15) is 18.2 Å². The predicted molar refractivity (Wildman–Crippen MR) is 122 cm³/mol. The monoisotopic (exact) mass is 458 g/mol. The molecule has 0 aliphatic heterocycles. The summed E-state index contributed by atoms with van der Waals surface area (Å²) in [6.45, 7) is 1.79. The lowest BCUT2D eigenvalue weighted by Gasteiger charge is -2.25. The number of carbonyl (C=O) groups is 1. The number of nitrogens with two attached hydrogens (primary N) is 1. The van der Waals surface area contributed by atoms with Crippen LogP contribution in [0, 0.1) is 18.6 Å². The van der Waals surface area contributed by atoms with Crippen LogP contribution >= 0.6 is 11.9 Å². The molecular weight excluding hydrogens is 434 g/mol. The third-order valence-electron chi connectivity index (χ3n) is 4.80. The Hall–Kier alpha value is -3.26. The van der Waals surface area contributed by atoms with Crippen LogP contribution in [-0.2, 0) is 11.2 Å². The molecule has 0 radical (unpaired) electrons. The van der Waals surface area contributed by atoms with Crippen LogP contribution in [0.15, 0.2) is 59.5 Å². The summed E-state index contributed by atoms with van der Waals surface area (Å²) in [7, 11) is 3.08. The van der Waals surface area contributed by atoms with E-state index in [0.717, 1.165) is 10.5 Å². The van der Waals surface area contributed by atoms with Gasteiger partial charge in [-0.25, -0.2) is 8.78 Å². The zero-order valence-electron chi connectivity index (χ0n) is 18.0. The summed E-state index contributed by atoms with van der Waals surface area (Å²) in [5.41, 5.74) is 7.71. The maximum absolute atomic E-state index is 14.3. The largest absolute Gasteiger partial charge is 0.493 e. The Kier molecular flexibility index (Phi) is 7.58. The van der Waals surface area contributed by atoms with E-state index in [4.69, 9.17) is 15.2 Å². The maximum atomic E-state index is 14.3. The SMILES string of the molecule is COc1ccc(SN(CC(N)=O)c2ccc(C)cc2Cc2c(F)cccc2F)cc1OC. The molecule has 0 unspecified atom stereocenters. The first-order valence-corrected chi connectivity index (χ1v) is 10.6. The van der Waals surface area contributed by atoms with Crippen molar-refractivity contribution in [2.24, 2.45) is 5.73 Å². The first kappa shape index (κ1) is 23.4. The highest BCUT2D eigenvalue weighted by Gasteiger charge is 2.19. The predicted octanol–water partition coefficient (Wildman–Crippen LogP) is 4.88. The Bertz CT molecular complexity index is 1100. The molecule has 168 valence electrons. The molecule has 3 aromatic rings. The second kappa shape index (κ2) is 10.4. The van der Waals surface area contributed by atoms with Crippen LogP contribution in [0.4, 0.5) is 14.5 Å². The third-order valence-corrected chi connectivity index (χ3v) is 5.81. The lowest BCUT2D eigenvalue weighted by molar-refractivity contribution is -0.116. The van der Waals surface area contributed by atoms with Gasteiger partial charge in [-0.2, -0.15) is 0 Å². The molecule has 5 nitrogen and oxygen atoms in total. The van der Waals surface area contributed by atoms with Crippen molar-refractivity contribution in [1.29, 1.82) is 0 Å². The van der Waals surface area contributed by atoms with Gasteiger partial charge >= 0.3 is 0 Å². The molecule has 2 N–H and O–H groups in total. The summed E-state index contributed by atoms with van der Waals surface area (Å²) in [6, 6.07) is 14.7. The highest BCUT2D eigenvalue weighted by Crippen LogP contribution is 2.37. The number of amides is 1. The molecule has 0 fully saturated rings. The third kappa shape index (κ3) is 5.50. The first-order valence-electron chi connectivity index (χ1n) is 9.80. The highest BCUT2D eigenvalue weighted by atomic mass is 32.2. The van der Waals surface area contributed by atoms with Crippen LogP contribution in [0.5, 0.6) is 11.5 Å². The van der Waals surface area contributed by atoms with E-state index in [1.54, 1.807) is 23.5 Å². The molecule has 8 heteroatoms. The van der Waals surface area contributed by atoms with Crippen LogP contribution in [-0.4, -0.2) is 26.7 Å². The molecule has 0 saturated carbocycles. The van der Waals surface area contributed by atoms with Gasteiger partial charge < -0.3 is 19.5 Å². The molecule has 0 atom stereocenters. The Labute approximate surface area is 190 Å². The van der Waals surface area contributed by atoms with Crippen molar-refractivity contribution in [2.75, 3.05) is 25.1 Å². The fraction of sp³-hybridized carbons (Fsp3) is 0.208. The second-order valence-electron chi connectivity index (χ2n) is 7.12. The molecule has 0 saturated heterocycles. The number of anilines is 1. The number of aryl methyl sites for hydroxylation is 1. The number of halogens is 2. The molecule has 3 rings (SSSR count). The summed E-state index contributed by atoms with van der Waals surface area (Å²) in [5, 5.41) is 0. The molecule has 3 aromatic carbocycles. The van der Waals surface area contributed by atoms with Crippen molar-refractivity contribution < 1.29 is 23.0 Å². The van der Waals surface area contributed by atoms with Crippen molar-refractivity contribution in [3.8, 4) is 11.5 Å². The van der Waals surface area contributed by atoms with Gasteiger partial charge in [-0.1, -0.05) is 23.8 Å². The number of methoxy groups -OCH3 is 2. The maximum Gasteiger partial charge on any atom is 0.238 e. The molecule has 32 heavy (non-hydrogen) atoms. The topological polar surface area (TPSA) is 64.8 Å². The minimum Gasteiger partial charge on any atom is -0.493 e. The average molecular weight is 459 g/mol. The lowest BCUT2D eigenvalue weighted by atomic mass is 10.00. The van der Waals surface area contributed by atoms with Crippen LogP contribution < -0.4 is 19.5 Å². The minimum absolute atomic E-state index is 0.0251. The lowest BCUT2D eigenvalue weighted by Crippen LogP contribution is -2.29. The fourth-order valence-corrected chi connectivity index (χ4v) is 4.31. The van der Waals surface area contributed by atoms with Crippen molar-refractivity contribution in [3.63, 3.8) is 0 Å². The van der Waals surface area contributed by atoms with E-state index in [1.165, 1.54) is 37.3 Å². The zero-order chi connectivity index (χ0) is 23.3. The summed E-state index contributed by atoms with van der Waals surface area (Å²) in [4.78, 5) is 12.6. The van der Waals surface area contributed by atoms with E-state index in [9.17, 15) is 13.6 Å². The Morgan fingerprint density at radius 3 is 2.31 bits per heavy atom. The number of ether oxygens (including phenoxy) is 2. The first-order chi connectivity index (χ1) is 15.3. The number of carbonyl (C=O) groups excluding carboxylic acids is 1. The summed E-state index contributed by atoms with van der Waals surface area (Å²) >= 11 is 1.27. The standard InChI is InChI=1S/C24H24F2N2O3S/c1-15-7-9-21(16(11-15)12-18-19(25)5-4-6-20(18)26)28(14-24(27)29)32-17-8-10-22(30-2)23(13-17)31-3/h4-11,13H,12,14H2,1-3H3,(H2,27,29). The van der Waals surface area contributed by atoms with E-state index in [1.807, 2.05) is 31.2 Å². The van der Waals surface area contributed by atoms with Gasteiger partial charge in [0.05, 0.1) is 19.9 Å². The molecule has 0 aliphatic carbocycles. The molecule has 0 heterocycles. The molecule has 0 aromatic heterocycles. The van der Waals surface area contributed by atoms with Crippen molar-refractivity contribution in [1.82, 2.24) is 0 Å². The van der Waals surface area contributed by atoms with Crippen molar-refractivity contribution >= 4 is 23.5 Å². The number of rotatable bonds is 9. The minimum atomic E-state index is -0.619. The number of hydrogen-bond donors (Lipinski definition) is 1. The van der Waals surface area contributed by atoms with Gasteiger partial charge in [0.15, 0.2) is 11.5 Å². The normalized spacial score (nSPS) is 10.7. The summed E-state index contributed by atoms with van der Waals surface area (Å²) in [5.74, 6) is -0.669. The fourth-order valence-electron chi connectivity index (χ4n) is 3.30. The van der Waals surface area contributed by atoms with Gasteiger partial charge in [0, 0.05) is 16.9 Å². The highest BCUT2D eigenvalue weighted by molar-refractivity contribution is 8.00. The van der Waals surface area contributed by atoms with Crippen molar-refractivity contribution in [2.45, 2.75) is 18.2 Å². The smallest absolute Gasteiger partial charge is 0.238 e. The Morgan fingerprint density at radius 1 is 1.00 bits per heavy atom. The molecule has 0 bridgehead atoms. The molecule has 0 aliphatic rings. The second-order valence-corrected chi connectivity index (χ2v) is 8.21. The van der Waals surface area contributed by atoms with Gasteiger partial charge in [-0.3, -0.25) is 4.79 Å². The van der Waals surface area contributed by atoms with Gasteiger partial charge in [0.25, 0.3) is 0 Å². The van der Waals surface area contributed by atoms with Crippen LogP contribution in [0.2, 0.25) is 0 Å². The van der Waals surface area contributed by atoms with Crippen LogP contribution in [0.1, 0.15) is 16.7 Å². The van der Waals surface area contributed by atoms with Gasteiger partial charge in [-0.05, 0) is 60.8 Å². The number of benzene rings is 3. The Morgan fingerprint density at radius 2 is 1.69 bits per heavy atom. The molecule has 1 amide bonds. The number of hydrogen-bond acceptors (Lipinski definition) is 5. The quantitative estimate of drug-likeness (QED) is 0.463. The van der Waals surface area contributed by atoms with E-state index in [-0.39, 0.29) is 18.5 Å². The summed E-state index contributed by atoms with van der Waals surface area (Å²) in [6.07, 6.45) is 0.0251.